The molecule has 3 rings (SSSR count). The minimum Gasteiger partial charge on any atom is -0.497 e. The second-order valence-corrected chi connectivity index (χ2v) is 6.33. The van der Waals surface area contributed by atoms with Gasteiger partial charge in [0.05, 0.1) is 25.4 Å². The van der Waals surface area contributed by atoms with E-state index in [0.29, 0.717) is 19.5 Å². The van der Waals surface area contributed by atoms with E-state index in [-0.39, 0.29) is 24.3 Å². The maximum absolute atomic E-state index is 12.7. The number of rotatable bonds is 7. The Balaban J connectivity index is 1.72. The number of nitrogens with zero attached hydrogens (tertiary/aromatic N) is 2. The second-order valence-electron chi connectivity index (χ2n) is 6.33. The third kappa shape index (κ3) is 3.71. The van der Waals surface area contributed by atoms with Crippen LogP contribution in [0.4, 0.5) is 0 Å². The Hall–Kier alpha value is -2.83. The van der Waals surface area contributed by atoms with E-state index in [9.17, 15) is 9.59 Å². The van der Waals surface area contributed by atoms with E-state index in [0.717, 1.165) is 17.0 Å². The van der Waals surface area contributed by atoms with Gasteiger partial charge in [0.1, 0.15) is 5.75 Å². The smallest absolute Gasteiger partial charge is 0.226 e. The molecule has 2 N–H and O–H groups in total. The van der Waals surface area contributed by atoms with Crippen LogP contribution in [0.1, 0.15) is 30.6 Å². The van der Waals surface area contributed by atoms with Gasteiger partial charge in [0.15, 0.2) is 0 Å². The zero-order valence-electron chi connectivity index (χ0n) is 15.1. The first kappa shape index (κ1) is 18.0. The molecule has 0 bridgehead atoms. The minimum absolute atomic E-state index is 0.0158. The van der Waals surface area contributed by atoms with Gasteiger partial charge in [-0.05, 0) is 24.6 Å². The van der Waals surface area contributed by atoms with Gasteiger partial charge in [-0.3, -0.25) is 9.59 Å². The standard InChI is InChI=1S/C19H24N4O3/c1-3-23-17(24)10-16(18(23)13-4-6-15(26-2)7-5-13)19(25)21-9-8-14-11-20-12-22-14/h4-7,11-12,16,18H,3,8-10H2,1-2H3,(H,20,22)(H,21,25)/t16-,18+/m1/s1. The molecule has 1 fully saturated rings. The highest BCUT2D eigenvalue weighted by atomic mass is 16.5. The highest BCUT2D eigenvalue weighted by Crippen LogP contribution is 2.38. The van der Waals surface area contributed by atoms with Crippen molar-refractivity contribution >= 4 is 11.8 Å². The van der Waals surface area contributed by atoms with E-state index < -0.39 is 5.92 Å². The van der Waals surface area contributed by atoms with Crippen LogP contribution in [0.25, 0.3) is 0 Å². The van der Waals surface area contributed by atoms with Gasteiger partial charge in [0, 0.05) is 37.8 Å². The molecule has 138 valence electrons. The Bertz CT molecular complexity index is 743. The number of imidazole rings is 1. The van der Waals surface area contributed by atoms with Crippen LogP contribution < -0.4 is 10.1 Å². The quantitative estimate of drug-likeness (QED) is 0.790. The molecular formula is C19H24N4O3. The first-order chi connectivity index (χ1) is 12.6. The summed E-state index contributed by atoms with van der Waals surface area (Å²) in [5, 5.41) is 2.96. The van der Waals surface area contributed by atoms with E-state index in [1.54, 1.807) is 24.5 Å². The van der Waals surface area contributed by atoms with Crippen molar-refractivity contribution in [1.29, 1.82) is 0 Å². The highest BCUT2D eigenvalue weighted by molar-refractivity contribution is 5.90. The van der Waals surface area contributed by atoms with E-state index in [1.807, 2.05) is 31.2 Å². The summed E-state index contributed by atoms with van der Waals surface area (Å²) in [6, 6.07) is 7.33. The van der Waals surface area contributed by atoms with Crippen LogP contribution in [-0.2, 0) is 16.0 Å². The Morgan fingerprint density at radius 3 is 2.77 bits per heavy atom. The Labute approximate surface area is 152 Å². The van der Waals surface area contributed by atoms with Crippen molar-refractivity contribution in [2.45, 2.75) is 25.8 Å². The molecule has 7 heteroatoms. The lowest BCUT2D eigenvalue weighted by atomic mass is 9.92. The molecule has 1 aromatic carbocycles. The number of nitrogens with one attached hydrogen (secondary N) is 2. The van der Waals surface area contributed by atoms with Gasteiger partial charge in [-0.1, -0.05) is 12.1 Å². The lowest BCUT2D eigenvalue weighted by Crippen LogP contribution is -2.36. The van der Waals surface area contributed by atoms with Crippen molar-refractivity contribution in [2.75, 3.05) is 20.2 Å². The van der Waals surface area contributed by atoms with Crippen molar-refractivity contribution in [3.63, 3.8) is 0 Å². The lowest BCUT2D eigenvalue weighted by Gasteiger charge is -2.27. The van der Waals surface area contributed by atoms with Crippen molar-refractivity contribution < 1.29 is 14.3 Å². The number of benzene rings is 1. The SMILES string of the molecule is CCN1C(=O)C[C@@H](C(=O)NCCc2cnc[nH]2)[C@@H]1c1ccc(OC)cc1. The van der Waals surface area contributed by atoms with Crippen molar-refractivity contribution in [3.05, 3.63) is 48.0 Å². The summed E-state index contributed by atoms with van der Waals surface area (Å²) in [5.74, 6) is 0.288. The fourth-order valence-electron chi connectivity index (χ4n) is 3.48. The summed E-state index contributed by atoms with van der Waals surface area (Å²) >= 11 is 0. The molecular weight excluding hydrogens is 332 g/mol. The van der Waals surface area contributed by atoms with Crippen molar-refractivity contribution in [3.8, 4) is 5.75 Å². The highest BCUT2D eigenvalue weighted by Gasteiger charge is 2.43. The topological polar surface area (TPSA) is 87.3 Å². The van der Waals surface area contributed by atoms with Gasteiger partial charge in [-0.2, -0.15) is 0 Å². The van der Waals surface area contributed by atoms with Gasteiger partial charge in [0.2, 0.25) is 11.8 Å². The van der Waals surface area contributed by atoms with Crippen LogP contribution in [0.2, 0.25) is 0 Å². The van der Waals surface area contributed by atoms with Gasteiger partial charge in [-0.15, -0.1) is 0 Å². The monoisotopic (exact) mass is 356 g/mol. The molecule has 0 aliphatic carbocycles. The molecule has 7 nitrogen and oxygen atoms in total. The Morgan fingerprint density at radius 2 is 2.15 bits per heavy atom. The van der Waals surface area contributed by atoms with E-state index in [1.165, 1.54) is 0 Å². The number of methoxy groups -OCH3 is 1. The van der Waals surface area contributed by atoms with Crippen LogP contribution in [0.3, 0.4) is 0 Å². The average Bonchev–Trinajstić information content (AvgIpc) is 3.29. The number of aromatic nitrogens is 2. The van der Waals surface area contributed by atoms with Gasteiger partial charge < -0.3 is 19.9 Å². The number of carbonyl (C=O) groups is 2. The third-order valence-electron chi connectivity index (χ3n) is 4.81. The molecule has 2 heterocycles. The molecule has 1 aliphatic heterocycles. The molecule has 2 atom stereocenters. The van der Waals surface area contributed by atoms with Gasteiger partial charge >= 0.3 is 0 Å². The molecule has 26 heavy (non-hydrogen) atoms. The molecule has 1 aromatic heterocycles. The minimum atomic E-state index is -0.391. The molecule has 2 aromatic rings. The molecule has 0 unspecified atom stereocenters. The average molecular weight is 356 g/mol. The van der Waals surface area contributed by atoms with Crippen molar-refractivity contribution in [2.24, 2.45) is 5.92 Å². The van der Waals surface area contributed by atoms with Crippen LogP contribution in [0, 0.1) is 5.92 Å². The lowest BCUT2D eigenvalue weighted by molar-refractivity contribution is -0.129. The summed E-state index contributed by atoms with van der Waals surface area (Å²) < 4.78 is 5.20. The first-order valence-electron chi connectivity index (χ1n) is 8.82. The Morgan fingerprint density at radius 1 is 1.38 bits per heavy atom. The molecule has 0 saturated carbocycles. The number of carbonyl (C=O) groups excluding carboxylic acids is 2. The predicted octanol–water partition coefficient (Wildman–Crippen LogP) is 1.69. The number of ether oxygens (including phenoxy) is 1. The van der Waals surface area contributed by atoms with Crippen molar-refractivity contribution in [1.82, 2.24) is 20.2 Å². The normalized spacial score (nSPS) is 19.6. The zero-order valence-corrected chi connectivity index (χ0v) is 15.1. The second kappa shape index (κ2) is 8.03. The van der Waals surface area contributed by atoms with Crippen LogP contribution in [0.5, 0.6) is 5.75 Å². The summed E-state index contributed by atoms with van der Waals surface area (Å²) in [7, 11) is 1.61. The predicted molar refractivity (Wildman–Crippen MR) is 96.5 cm³/mol. The number of H-pyrrole nitrogens is 1. The molecule has 0 radical (unpaired) electrons. The third-order valence-corrected chi connectivity index (χ3v) is 4.81. The summed E-state index contributed by atoms with van der Waals surface area (Å²) in [6.45, 7) is 3.02. The number of aromatic amines is 1. The number of likely N-dealkylation sites (tertiary alicyclic amines) is 1. The summed E-state index contributed by atoms with van der Waals surface area (Å²) in [5.41, 5.74) is 1.92. The fourth-order valence-corrected chi connectivity index (χ4v) is 3.48. The van der Waals surface area contributed by atoms with E-state index >= 15 is 0 Å². The maximum atomic E-state index is 12.7. The van der Waals surface area contributed by atoms with E-state index in [2.05, 4.69) is 15.3 Å². The van der Waals surface area contributed by atoms with Crippen LogP contribution >= 0.6 is 0 Å². The summed E-state index contributed by atoms with van der Waals surface area (Å²) in [4.78, 5) is 33.9. The maximum Gasteiger partial charge on any atom is 0.226 e. The number of hydrogen-bond donors (Lipinski definition) is 2. The largest absolute Gasteiger partial charge is 0.497 e. The molecule has 0 spiro atoms. The first-order valence-corrected chi connectivity index (χ1v) is 8.82. The number of hydrogen-bond acceptors (Lipinski definition) is 4. The number of amides is 2. The van der Waals surface area contributed by atoms with Crippen LogP contribution in [0.15, 0.2) is 36.8 Å². The molecule has 1 saturated heterocycles. The van der Waals surface area contributed by atoms with Crippen LogP contribution in [-0.4, -0.2) is 46.9 Å². The van der Waals surface area contributed by atoms with Gasteiger partial charge in [0.25, 0.3) is 0 Å². The summed E-state index contributed by atoms with van der Waals surface area (Å²) in [6.07, 6.45) is 4.27. The molecule has 2 amide bonds. The van der Waals surface area contributed by atoms with E-state index in [4.69, 9.17) is 4.74 Å². The fraction of sp³-hybridized carbons (Fsp3) is 0.421. The van der Waals surface area contributed by atoms with Gasteiger partial charge in [-0.25, -0.2) is 4.98 Å². The Kier molecular flexibility index (Phi) is 5.55. The zero-order chi connectivity index (χ0) is 18.5. The molecule has 1 aliphatic rings.